The van der Waals surface area contributed by atoms with Crippen molar-refractivity contribution >= 4 is 0 Å². The SMILES string of the molecule is FC(F)(F)C(F)(OC(F)(C(F)(F)F)C(F)(F)C(F)(C(F)(F)F)C(F)(F)F)C(F)(F)C(F)(C(F)(F)F)C(F)(F)F. The maximum Gasteiger partial charge on any atom is 0.455 e. The van der Waals surface area contributed by atoms with E-state index in [9.17, 15) is 114 Å². The van der Waals surface area contributed by atoms with E-state index in [0.717, 1.165) is 0 Å². The lowest BCUT2D eigenvalue weighted by Crippen LogP contribution is -2.80. The number of hydrogen-bond acceptors (Lipinski definition) is 1. The summed E-state index contributed by atoms with van der Waals surface area (Å²) in [5, 5.41) is 0. The monoisotopic (exact) mass is 654 g/mol. The molecule has 0 spiro atoms. The summed E-state index contributed by atoms with van der Waals surface area (Å²) in [6, 6.07) is 0. The fourth-order valence-electron chi connectivity index (χ4n) is 2.27. The van der Waals surface area contributed by atoms with E-state index in [2.05, 4.69) is 0 Å². The van der Waals surface area contributed by atoms with Crippen molar-refractivity contribution in [3.05, 3.63) is 0 Å². The molecule has 0 saturated heterocycles. The van der Waals surface area contributed by atoms with Gasteiger partial charge in [0.05, 0.1) is 0 Å². The summed E-state index contributed by atoms with van der Waals surface area (Å²) in [6.45, 7) is 0. The molecule has 0 heterocycles. The Morgan fingerprint density at radius 1 is 0.231 bits per heavy atom. The van der Waals surface area contributed by atoms with Crippen molar-refractivity contribution in [2.24, 2.45) is 0 Å². The van der Waals surface area contributed by atoms with Crippen molar-refractivity contribution in [2.45, 2.75) is 72.0 Å². The predicted octanol–water partition coefficient (Wildman–Crippen LogP) is 8.40. The van der Waals surface area contributed by atoms with Crippen LogP contribution in [-0.2, 0) is 4.74 Å². The van der Waals surface area contributed by atoms with E-state index in [-0.39, 0.29) is 0 Å². The van der Waals surface area contributed by atoms with E-state index >= 15 is 0 Å². The smallest absolute Gasteiger partial charge is 0.284 e. The van der Waals surface area contributed by atoms with Crippen LogP contribution in [0.4, 0.5) is 114 Å². The Morgan fingerprint density at radius 2 is 0.385 bits per heavy atom. The van der Waals surface area contributed by atoms with Crippen LogP contribution in [0.3, 0.4) is 0 Å². The molecule has 236 valence electrons. The zero-order valence-corrected chi connectivity index (χ0v) is 16.2. The minimum absolute atomic E-state index is 0.594. The quantitative estimate of drug-likeness (QED) is 0.262. The fraction of sp³-hybridized carbons (Fsp3) is 1.00. The van der Waals surface area contributed by atoms with Crippen LogP contribution in [0, 0.1) is 0 Å². The van der Waals surface area contributed by atoms with Gasteiger partial charge in [0.1, 0.15) is 0 Å². The fourth-order valence-corrected chi connectivity index (χ4v) is 2.27. The Hall–Kier alpha value is -1.86. The topological polar surface area (TPSA) is 9.23 Å². The molecule has 0 aliphatic rings. The molecular formula is C12F26O. The molecule has 2 atom stereocenters. The Bertz CT molecular complexity index is 776. The summed E-state index contributed by atoms with van der Waals surface area (Å²) in [4.78, 5) is 0. The molecule has 0 saturated carbocycles. The van der Waals surface area contributed by atoms with Crippen LogP contribution in [0.5, 0.6) is 0 Å². The molecule has 0 amide bonds. The number of halogens is 26. The summed E-state index contributed by atoms with van der Waals surface area (Å²) in [5.74, 6) is -38.5. The first-order chi connectivity index (χ1) is 16.2. The van der Waals surface area contributed by atoms with Crippen LogP contribution in [0.25, 0.3) is 0 Å². The summed E-state index contributed by atoms with van der Waals surface area (Å²) < 4.78 is 337. The van der Waals surface area contributed by atoms with Crippen molar-refractivity contribution in [2.75, 3.05) is 0 Å². The molecule has 1 nitrogen and oxygen atoms in total. The van der Waals surface area contributed by atoms with Gasteiger partial charge in [-0.25, -0.2) is 8.78 Å². The highest BCUT2D eigenvalue weighted by Gasteiger charge is 2.99. The van der Waals surface area contributed by atoms with Crippen LogP contribution < -0.4 is 0 Å². The van der Waals surface area contributed by atoms with Crippen LogP contribution in [0.2, 0.25) is 0 Å². The molecule has 0 aromatic carbocycles. The number of rotatable bonds is 6. The first kappa shape index (κ1) is 37.1. The number of hydrogen-bond donors (Lipinski definition) is 0. The molecule has 0 aromatic rings. The van der Waals surface area contributed by atoms with E-state index in [1.165, 1.54) is 0 Å². The number of ether oxygens (including phenoxy) is 1. The molecule has 0 radical (unpaired) electrons. The maximum atomic E-state index is 14.1. The first-order valence-electron chi connectivity index (χ1n) is 7.82. The van der Waals surface area contributed by atoms with E-state index in [1.54, 1.807) is 0 Å². The van der Waals surface area contributed by atoms with Crippen molar-refractivity contribution in [3.63, 3.8) is 0 Å². The molecule has 0 aliphatic carbocycles. The van der Waals surface area contributed by atoms with Crippen molar-refractivity contribution in [1.29, 1.82) is 0 Å². The van der Waals surface area contributed by atoms with Gasteiger partial charge >= 0.3 is 72.0 Å². The lowest BCUT2D eigenvalue weighted by molar-refractivity contribution is -0.545. The van der Waals surface area contributed by atoms with Gasteiger partial charge in [0.25, 0.3) is 0 Å². The van der Waals surface area contributed by atoms with Crippen LogP contribution >= 0.6 is 0 Å². The van der Waals surface area contributed by atoms with Crippen molar-refractivity contribution in [3.8, 4) is 0 Å². The van der Waals surface area contributed by atoms with Crippen LogP contribution in [0.15, 0.2) is 0 Å². The van der Waals surface area contributed by atoms with Gasteiger partial charge in [-0.2, -0.15) is 105 Å². The second-order valence-electron chi connectivity index (χ2n) is 6.74. The Morgan fingerprint density at radius 3 is 0.487 bits per heavy atom. The van der Waals surface area contributed by atoms with E-state index in [0.29, 0.717) is 4.74 Å². The van der Waals surface area contributed by atoms with Gasteiger partial charge in [0, 0.05) is 0 Å². The summed E-state index contributed by atoms with van der Waals surface area (Å²) in [7, 11) is 0. The van der Waals surface area contributed by atoms with E-state index in [4.69, 9.17) is 0 Å². The minimum Gasteiger partial charge on any atom is -0.284 e. The van der Waals surface area contributed by atoms with Gasteiger partial charge in [-0.3, -0.25) is 4.74 Å². The zero-order chi connectivity index (χ0) is 32.7. The normalized spacial score (nSPS) is 19.5. The second-order valence-corrected chi connectivity index (χ2v) is 6.74. The van der Waals surface area contributed by atoms with Gasteiger partial charge < -0.3 is 0 Å². The lowest BCUT2D eigenvalue weighted by atomic mass is 9.87. The highest BCUT2D eigenvalue weighted by Crippen LogP contribution is 2.67. The van der Waals surface area contributed by atoms with Crippen molar-refractivity contribution in [1.82, 2.24) is 0 Å². The molecule has 0 bridgehead atoms. The average molecular weight is 654 g/mol. The molecule has 0 aromatic heterocycles. The minimum atomic E-state index is -9.65. The van der Waals surface area contributed by atoms with Crippen molar-refractivity contribution < 1.29 is 119 Å². The Labute approximate surface area is 192 Å². The number of alkyl halides is 26. The lowest BCUT2D eigenvalue weighted by Gasteiger charge is -2.48. The summed E-state index contributed by atoms with van der Waals surface area (Å²) >= 11 is 0. The summed E-state index contributed by atoms with van der Waals surface area (Å²) in [6.07, 6.45) is -53.0. The van der Waals surface area contributed by atoms with Gasteiger partial charge in [-0.05, 0) is 0 Å². The van der Waals surface area contributed by atoms with Crippen LogP contribution in [0.1, 0.15) is 0 Å². The Balaban J connectivity index is 8.11. The first-order valence-corrected chi connectivity index (χ1v) is 7.82. The molecule has 0 N–H and O–H groups in total. The molecule has 0 fully saturated rings. The molecule has 27 heteroatoms. The van der Waals surface area contributed by atoms with Crippen LogP contribution in [-0.4, -0.2) is 72.0 Å². The largest absolute Gasteiger partial charge is 0.455 e. The standard InChI is InChI=1S/C12F26O/c13-1(7(21,22)23,8(24,25)26)3(15,16)5(19,11(33,34)35)39-6(20,12(36,37)38)4(17,18)2(14,9(27,28)29)10(30,31)32. The zero-order valence-electron chi connectivity index (χ0n) is 16.2. The highest BCUT2D eigenvalue weighted by molar-refractivity contribution is 5.17. The van der Waals surface area contributed by atoms with Gasteiger partial charge in [0.15, 0.2) is 0 Å². The third-order valence-corrected chi connectivity index (χ3v) is 4.25. The molecular weight excluding hydrogens is 654 g/mol. The van der Waals surface area contributed by atoms with Gasteiger partial charge in [-0.1, -0.05) is 0 Å². The maximum absolute atomic E-state index is 14.1. The molecule has 0 aliphatic heterocycles. The van der Waals surface area contributed by atoms with Gasteiger partial charge in [0.2, 0.25) is 0 Å². The highest BCUT2D eigenvalue weighted by atomic mass is 19.5. The summed E-state index contributed by atoms with van der Waals surface area (Å²) in [5.41, 5.74) is -18.6. The van der Waals surface area contributed by atoms with E-state index in [1.807, 2.05) is 0 Å². The third kappa shape index (κ3) is 4.75. The predicted molar refractivity (Wildman–Crippen MR) is 62.7 cm³/mol. The third-order valence-electron chi connectivity index (χ3n) is 4.25. The Kier molecular flexibility index (Phi) is 8.40. The van der Waals surface area contributed by atoms with Gasteiger partial charge in [-0.15, -0.1) is 0 Å². The molecule has 0 rings (SSSR count). The molecule has 39 heavy (non-hydrogen) atoms. The molecule has 2 unspecified atom stereocenters. The second kappa shape index (κ2) is 8.82. The average Bonchev–Trinajstić information content (AvgIpc) is 2.60. The van der Waals surface area contributed by atoms with E-state index < -0.39 is 72.0 Å².